The van der Waals surface area contributed by atoms with Gasteiger partial charge in [-0.15, -0.1) is 0 Å². The summed E-state index contributed by atoms with van der Waals surface area (Å²) in [6.07, 6.45) is 1.64. The van der Waals surface area contributed by atoms with Gasteiger partial charge in [-0.2, -0.15) is 10.1 Å². The number of morpholine rings is 2. The van der Waals surface area contributed by atoms with E-state index < -0.39 is 0 Å². The number of aryl methyl sites for hydroxylation is 2. The summed E-state index contributed by atoms with van der Waals surface area (Å²) in [6, 6.07) is 8.06. The topological polar surface area (TPSA) is 100 Å². The second-order valence-electron chi connectivity index (χ2n) is 8.83. The van der Waals surface area contributed by atoms with Crippen molar-refractivity contribution in [1.29, 1.82) is 0 Å². The van der Waals surface area contributed by atoms with Crippen molar-refractivity contribution in [2.45, 2.75) is 13.8 Å². The van der Waals surface area contributed by atoms with E-state index in [1.165, 1.54) is 16.6 Å². The van der Waals surface area contributed by atoms with Crippen molar-refractivity contribution in [2.75, 3.05) is 76.1 Å². The minimum atomic E-state index is 0.498. The second kappa shape index (κ2) is 11.0. The Hall–Kier alpha value is -3.21. The van der Waals surface area contributed by atoms with Crippen LogP contribution in [0.5, 0.6) is 5.88 Å². The van der Waals surface area contributed by atoms with Crippen LogP contribution < -0.4 is 15.1 Å². The molecule has 0 amide bonds. The Morgan fingerprint density at radius 3 is 2.63 bits per heavy atom. The Kier molecular flexibility index (Phi) is 7.41. The first kappa shape index (κ1) is 23.5. The first-order chi connectivity index (χ1) is 17.2. The highest BCUT2D eigenvalue weighted by Crippen LogP contribution is 2.24. The summed E-state index contributed by atoms with van der Waals surface area (Å²) in [6.45, 7) is 12.0. The van der Waals surface area contributed by atoms with Crippen LogP contribution in [0.4, 0.5) is 11.5 Å². The summed E-state index contributed by atoms with van der Waals surface area (Å²) >= 11 is 0. The molecule has 2 aromatic heterocycles. The predicted molar refractivity (Wildman–Crippen MR) is 137 cm³/mol. The van der Waals surface area contributed by atoms with Gasteiger partial charge >= 0.3 is 0 Å². The number of nitrogens with one attached hydrogen (secondary N) is 2. The highest BCUT2D eigenvalue weighted by molar-refractivity contribution is 5.87. The number of aromatic amines is 1. The quantitative estimate of drug-likeness (QED) is 0.376. The van der Waals surface area contributed by atoms with E-state index >= 15 is 0 Å². The molecule has 3 aromatic rings. The fraction of sp³-hybridized carbons (Fsp3) is 0.480. The number of aromatic nitrogens is 3. The van der Waals surface area contributed by atoms with E-state index in [1.807, 2.05) is 12.1 Å². The zero-order chi connectivity index (χ0) is 24.0. The van der Waals surface area contributed by atoms with Crippen molar-refractivity contribution in [2.24, 2.45) is 5.10 Å². The molecule has 186 valence electrons. The van der Waals surface area contributed by atoms with E-state index in [0.29, 0.717) is 31.5 Å². The molecule has 2 aliphatic heterocycles. The Morgan fingerprint density at radius 1 is 1.06 bits per heavy atom. The van der Waals surface area contributed by atoms with Gasteiger partial charge in [-0.25, -0.2) is 4.98 Å². The van der Waals surface area contributed by atoms with Crippen LogP contribution in [-0.2, 0) is 9.47 Å². The van der Waals surface area contributed by atoms with Gasteiger partial charge in [-0.05, 0) is 37.6 Å². The lowest BCUT2D eigenvalue weighted by molar-refractivity contribution is 0.0320. The fourth-order valence-corrected chi connectivity index (χ4v) is 4.32. The van der Waals surface area contributed by atoms with Gasteiger partial charge in [0, 0.05) is 55.4 Å². The van der Waals surface area contributed by atoms with Gasteiger partial charge in [0.15, 0.2) is 5.82 Å². The smallest absolute Gasteiger partial charge is 0.219 e. The average molecular weight is 480 g/mol. The molecular formula is C25H33N7O3. The van der Waals surface area contributed by atoms with Gasteiger partial charge in [-0.1, -0.05) is 0 Å². The number of hydrazone groups is 1. The number of nitrogens with zero attached hydrogens (tertiary/aromatic N) is 5. The van der Waals surface area contributed by atoms with Crippen molar-refractivity contribution >= 4 is 28.6 Å². The number of ether oxygens (including phenoxy) is 3. The maximum absolute atomic E-state index is 6.03. The number of benzene rings is 1. The van der Waals surface area contributed by atoms with Gasteiger partial charge in [0.25, 0.3) is 0 Å². The van der Waals surface area contributed by atoms with Gasteiger partial charge in [0.1, 0.15) is 12.4 Å². The van der Waals surface area contributed by atoms with Crippen molar-refractivity contribution in [1.82, 2.24) is 19.9 Å². The predicted octanol–water partition coefficient (Wildman–Crippen LogP) is 2.57. The zero-order valence-corrected chi connectivity index (χ0v) is 20.4. The largest absolute Gasteiger partial charge is 0.476 e. The summed E-state index contributed by atoms with van der Waals surface area (Å²) in [5.74, 6) is 1.87. The van der Waals surface area contributed by atoms with E-state index in [0.717, 1.165) is 63.0 Å². The first-order valence-electron chi connectivity index (χ1n) is 12.2. The van der Waals surface area contributed by atoms with Crippen LogP contribution in [0.2, 0.25) is 0 Å². The van der Waals surface area contributed by atoms with Crippen LogP contribution in [0, 0.1) is 13.8 Å². The molecule has 0 radical (unpaired) electrons. The third kappa shape index (κ3) is 5.90. The SMILES string of the molecule is Cc1[nH]c2ccc(N/N=C/c3nc(OCCN4CCOCC4)cc(N4CCOCC4)n3)cc2c1C. The molecular weight excluding hydrogens is 446 g/mol. The van der Waals surface area contributed by atoms with Crippen LogP contribution in [0.25, 0.3) is 10.9 Å². The maximum atomic E-state index is 6.03. The van der Waals surface area contributed by atoms with Gasteiger partial charge in [0.2, 0.25) is 5.88 Å². The average Bonchev–Trinajstić information content (AvgIpc) is 3.18. The normalized spacial score (nSPS) is 17.4. The number of rotatable bonds is 8. The molecule has 5 rings (SSSR count). The van der Waals surface area contributed by atoms with E-state index in [9.17, 15) is 0 Å². The number of fused-ring (bicyclic) bond motifs is 1. The highest BCUT2D eigenvalue weighted by atomic mass is 16.5. The van der Waals surface area contributed by atoms with Crippen LogP contribution in [-0.4, -0.2) is 91.8 Å². The highest BCUT2D eigenvalue weighted by Gasteiger charge is 2.16. The third-order valence-electron chi connectivity index (χ3n) is 6.48. The van der Waals surface area contributed by atoms with Crippen molar-refractivity contribution < 1.29 is 14.2 Å². The lowest BCUT2D eigenvalue weighted by atomic mass is 10.1. The molecule has 0 bridgehead atoms. The Balaban J connectivity index is 1.29. The zero-order valence-electron chi connectivity index (χ0n) is 20.4. The molecule has 4 heterocycles. The summed E-state index contributed by atoms with van der Waals surface area (Å²) in [4.78, 5) is 17.2. The lowest BCUT2D eigenvalue weighted by Crippen LogP contribution is -2.38. The van der Waals surface area contributed by atoms with Crippen molar-refractivity contribution in [3.8, 4) is 5.88 Å². The van der Waals surface area contributed by atoms with E-state index in [1.54, 1.807) is 6.21 Å². The van der Waals surface area contributed by atoms with Crippen LogP contribution in [0.3, 0.4) is 0 Å². The van der Waals surface area contributed by atoms with E-state index in [-0.39, 0.29) is 0 Å². The molecule has 0 unspecified atom stereocenters. The third-order valence-corrected chi connectivity index (χ3v) is 6.48. The van der Waals surface area contributed by atoms with E-state index in [2.05, 4.69) is 56.3 Å². The molecule has 0 saturated carbocycles. The van der Waals surface area contributed by atoms with E-state index in [4.69, 9.17) is 19.2 Å². The Bertz CT molecular complexity index is 1170. The molecule has 0 atom stereocenters. The molecule has 0 spiro atoms. The summed E-state index contributed by atoms with van der Waals surface area (Å²) < 4.78 is 16.9. The van der Waals surface area contributed by atoms with Crippen molar-refractivity contribution in [3.05, 3.63) is 41.3 Å². The monoisotopic (exact) mass is 479 g/mol. The molecule has 10 nitrogen and oxygen atoms in total. The van der Waals surface area contributed by atoms with Crippen LogP contribution >= 0.6 is 0 Å². The van der Waals surface area contributed by atoms with Gasteiger partial charge in [0.05, 0.1) is 38.3 Å². The standard InChI is InChI=1S/C25H33N7O3/c1-18-19(2)27-22-4-3-20(15-21(18)22)30-26-17-23-28-24(32-8-12-34-13-9-32)16-25(29-23)35-14-7-31-5-10-33-11-6-31/h3-4,15-17,27,30H,5-14H2,1-2H3/b26-17+. The number of H-pyrrole nitrogens is 1. The molecule has 10 heteroatoms. The van der Waals surface area contributed by atoms with Crippen LogP contribution in [0.15, 0.2) is 29.4 Å². The van der Waals surface area contributed by atoms with Crippen LogP contribution in [0.1, 0.15) is 17.1 Å². The van der Waals surface area contributed by atoms with Gasteiger partial charge < -0.3 is 24.1 Å². The molecule has 2 saturated heterocycles. The molecule has 2 aliphatic rings. The fourth-order valence-electron chi connectivity index (χ4n) is 4.32. The number of hydrogen-bond donors (Lipinski definition) is 2. The number of anilines is 2. The summed E-state index contributed by atoms with van der Waals surface area (Å²) in [7, 11) is 0. The summed E-state index contributed by atoms with van der Waals surface area (Å²) in [5.41, 5.74) is 7.55. The lowest BCUT2D eigenvalue weighted by Gasteiger charge is -2.28. The maximum Gasteiger partial charge on any atom is 0.219 e. The molecule has 0 aliphatic carbocycles. The van der Waals surface area contributed by atoms with Crippen molar-refractivity contribution in [3.63, 3.8) is 0 Å². The second-order valence-corrected chi connectivity index (χ2v) is 8.83. The molecule has 35 heavy (non-hydrogen) atoms. The minimum absolute atomic E-state index is 0.498. The minimum Gasteiger partial charge on any atom is -0.476 e. The molecule has 1 aromatic carbocycles. The molecule has 2 N–H and O–H groups in total. The Labute approximate surface area is 205 Å². The first-order valence-corrected chi connectivity index (χ1v) is 12.2. The summed E-state index contributed by atoms with van der Waals surface area (Å²) in [5, 5.41) is 5.59. The molecule has 2 fully saturated rings. The van der Waals surface area contributed by atoms with Gasteiger partial charge in [-0.3, -0.25) is 10.3 Å². The Morgan fingerprint density at radius 2 is 1.83 bits per heavy atom. The number of hydrogen-bond acceptors (Lipinski definition) is 9.